The molecule has 46 heavy (non-hydrogen) atoms. The number of para-hydroxylation sites is 1. The molecule has 1 amide bonds. The SMILES string of the molecule is CCOC(=O)C1=C(c2ccccc2)N=c2s/c(=C3/C(=O)N(Cc4ccccc4Cl)c4ccccc43)c(=O)n2[C@H]1c1ccc(F)cc1. The number of aromatic nitrogens is 1. The van der Waals surface area contributed by atoms with E-state index in [2.05, 4.69) is 0 Å². The van der Waals surface area contributed by atoms with Gasteiger partial charge in [-0.3, -0.25) is 14.2 Å². The van der Waals surface area contributed by atoms with Gasteiger partial charge in [0, 0.05) is 16.1 Å². The first kappa shape index (κ1) is 29.6. The van der Waals surface area contributed by atoms with Gasteiger partial charge in [0.15, 0.2) is 4.80 Å². The molecular weight excluding hydrogens is 625 g/mol. The van der Waals surface area contributed by atoms with E-state index in [1.54, 1.807) is 17.9 Å². The third-order valence-corrected chi connectivity index (χ3v) is 9.39. The highest BCUT2D eigenvalue weighted by molar-refractivity contribution is 7.07. The van der Waals surface area contributed by atoms with Crippen LogP contribution in [0.1, 0.15) is 35.2 Å². The van der Waals surface area contributed by atoms with Crippen LogP contribution < -0.4 is 19.8 Å². The number of benzene rings is 4. The topological polar surface area (TPSA) is 81.0 Å². The van der Waals surface area contributed by atoms with Gasteiger partial charge >= 0.3 is 5.97 Å². The Kier molecular flexibility index (Phi) is 7.72. The Balaban J connectivity index is 1.50. The molecule has 0 saturated carbocycles. The van der Waals surface area contributed by atoms with E-state index in [0.717, 1.165) is 16.9 Å². The van der Waals surface area contributed by atoms with Crippen molar-refractivity contribution < 1.29 is 18.7 Å². The smallest absolute Gasteiger partial charge is 0.338 e. The van der Waals surface area contributed by atoms with Crippen LogP contribution in [0.15, 0.2) is 118 Å². The maximum absolute atomic E-state index is 14.5. The first-order valence-electron chi connectivity index (χ1n) is 14.6. The summed E-state index contributed by atoms with van der Waals surface area (Å²) in [5.74, 6) is -1.46. The van der Waals surface area contributed by atoms with E-state index in [1.807, 2.05) is 72.8 Å². The van der Waals surface area contributed by atoms with E-state index >= 15 is 0 Å². The molecule has 2 aliphatic heterocycles. The summed E-state index contributed by atoms with van der Waals surface area (Å²) in [6.07, 6.45) is 0. The van der Waals surface area contributed by atoms with Crippen LogP contribution in [-0.2, 0) is 20.9 Å². The second-order valence-electron chi connectivity index (χ2n) is 10.7. The van der Waals surface area contributed by atoms with Crippen molar-refractivity contribution in [2.75, 3.05) is 11.5 Å². The monoisotopic (exact) mass is 649 g/mol. The molecule has 4 aromatic carbocycles. The van der Waals surface area contributed by atoms with E-state index < -0.39 is 23.4 Å². The van der Waals surface area contributed by atoms with E-state index in [1.165, 1.54) is 28.8 Å². The molecule has 0 aliphatic carbocycles. The second-order valence-corrected chi connectivity index (χ2v) is 12.1. The molecule has 0 fully saturated rings. The lowest BCUT2D eigenvalue weighted by molar-refractivity contribution is -0.138. The summed E-state index contributed by atoms with van der Waals surface area (Å²) >= 11 is 7.54. The number of rotatable bonds is 6. The van der Waals surface area contributed by atoms with Crippen LogP contribution in [0.25, 0.3) is 11.3 Å². The average Bonchev–Trinajstić information content (AvgIpc) is 3.54. The number of hydrogen-bond donors (Lipinski definition) is 0. The number of hydrogen-bond acceptors (Lipinski definition) is 6. The standard InChI is InChI=1S/C36H25ClFN3O4S/c1-2-45-35(44)29-30(21-10-4-3-5-11-21)39-36-41(31(29)22-16-18-24(38)19-17-22)34(43)32(46-36)28-25-13-7-9-15-27(25)40(33(28)42)20-23-12-6-8-14-26(23)37/h3-19,31H,2,20H2,1H3/b32-28+/t31-/m0/s1. The molecule has 228 valence electrons. The Morgan fingerprint density at radius 3 is 2.37 bits per heavy atom. The molecule has 1 atom stereocenters. The number of halogens is 2. The fourth-order valence-corrected chi connectivity index (χ4v) is 7.19. The quantitative estimate of drug-likeness (QED) is 0.223. The number of nitrogens with zero attached hydrogens (tertiary/aromatic N) is 3. The van der Waals surface area contributed by atoms with Crippen molar-refractivity contribution in [2.45, 2.75) is 19.5 Å². The van der Waals surface area contributed by atoms with Crippen molar-refractivity contribution >= 4 is 51.8 Å². The van der Waals surface area contributed by atoms with Gasteiger partial charge in [0.25, 0.3) is 11.5 Å². The van der Waals surface area contributed by atoms with E-state index in [-0.39, 0.29) is 34.7 Å². The molecule has 10 heteroatoms. The Bertz CT molecular complexity index is 2240. The zero-order valence-corrected chi connectivity index (χ0v) is 26.0. The van der Waals surface area contributed by atoms with Gasteiger partial charge in [-0.25, -0.2) is 14.2 Å². The number of thiazole rings is 1. The summed E-state index contributed by atoms with van der Waals surface area (Å²) in [6, 6.07) is 28.4. The van der Waals surface area contributed by atoms with Crippen LogP contribution in [-0.4, -0.2) is 23.1 Å². The molecule has 1 aromatic heterocycles. The van der Waals surface area contributed by atoms with E-state index in [9.17, 15) is 18.8 Å². The molecule has 0 radical (unpaired) electrons. The summed E-state index contributed by atoms with van der Waals surface area (Å²) in [4.78, 5) is 49.2. The summed E-state index contributed by atoms with van der Waals surface area (Å²) in [6.45, 7) is 2.00. The third kappa shape index (κ3) is 4.98. The highest BCUT2D eigenvalue weighted by atomic mass is 35.5. The first-order valence-corrected chi connectivity index (χ1v) is 15.8. The molecule has 7 rings (SSSR count). The van der Waals surface area contributed by atoms with Crippen LogP contribution in [0.3, 0.4) is 0 Å². The number of anilines is 1. The zero-order valence-electron chi connectivity index (χ0n) is 24.4. The zero-order chi connectivity index (χ0) is 31.9. The number of carbonyl (C=O) groups is 2. The van der Waals surface area contributed by atoms with E-state index in [4.69, 9.17) is 21.3 Å². The van der Waals surface area contributed by atoms with Crippen LogP contribution in [0.5, 0.6) is 0 Å². The molecule has 7 nitrogen and oxygen atoms in total. The van der Waals surface area contributed by atoms with E-state index in [0.29, 0.717) is 37.9 Å². The molecular formula is C36H25ClFN3O4S. The number of esters is 1. The summed E-state index contributed by atoms with van der Waals surface area (Å²) < 4.78 is 21.2. The third-order valence-electron chi connectivity index (χ3n) is 7.97. The van der Waals surface area contributed by atoms with Gasteiger partial charge in [-0.2, -0.15) is 0 Å². The molecule has 2 aliphatic rings. The molecule has 0 bridgehead atoms. The lowest BCUT2D eigenvalue weighted by atomic mass is 9.93. The van der Waals surface area contributed by atoms with Crippen molar-refractivity contribution in [1.82, 2.24) is 4.57 Å². The highest BCUT2D eigenvalue weighted by Crippen LogP contribution is 2.38. The Morgan fingerprint density at radius 2 is 1.63 bits per heavy atom. The lowest BCUT2D eigenvalue weighted by Gasteiger charge is -2.25. The van der Waals surface area contributed by atoms with Gasteiger partial charge in [0.2, 0.25) is 0 Å². The van der Waals surface area contributed by atoms with Gasteiger partial charge < -0.3 is 9.64 Å². The molecule has 0 N–H and O–H groups in total. The van der Waals surface area contributed by atoms with Gasteiger partial charge in [-0.15, -0.1) is 0 Å². The van der Waals surface area contributed by atoms with Crippen LogP contribution >= 0.6 is 22.9 Å². The Hall–Kier alpha value is -5.12. The maximum atomic E-state index is 14.5. The second kappa shape index (κ2) is 12.0. The van der Waals surface area contributed by atoms with Crippen molar-refractivity contribution in [3.8, 4) is 0 Å². The minimum atomic E-state index is -0.994. The molecule has 3 heterocycles. The largest absolute Gasteiger partial charge is 0.463 e. The van der Waals surface area contributed by atoms with Gasteiger partial charge in [0.1, 0.15) is 10.3 Å². The number of fused-ring (bicyclic) bond motifs is 2. The Labute approximate surface area is 271 Å². The number of carbonyl (C=O) groups excluding carboxylic acids is 2. The van der Waals surface area contributed by atoms with Crippen molar-refractivity contribution in [3.63, 3.8) is 0 Å². The normalized spacial score (nSPS) is 16.6. The average molecular weight is 650 g/mol. The van der Waals surface area contributed by atoms with Crippen molar-refractivity contribution in [2.24, 2.45) is 4.99 Å². The predicted octanol–water partition coefficient (Wildman–Crippen LogP) is 5.65. The summed E-state index contributed by atoms with van der Waals surface area (Å²) in [7, 11) is 0. The van der Waals surface area contributed by atoms with Crippen molar-refractivity contribution in [1.29, 1.82) is 0 Å². The maximum Gasteiger partial charge on any atom is 0.338 e. The van der Waals surface area contributed by atoms with Gasteiger partial charge in [0.05, 0.1) is 41.7 Å². The Morgan fingerprint density at radius 1 is 0.935 bits per heavy atom. The summed E-state index contributed by atoms with van der Waals surface area (Å²) in [5, 5.41) is 0.528. The molecule has 0 spiro atoms. The predicted molar refractivity (Wildman–Crippen MR) is 175 cm³/mol. The fraction of sp³-hybridized carbons (Fsp3) is 0.111. The van der Waals surface area contributed by atoms with Crippen LogP contribution in [0, 0.1) is 5.82 Å². The number of amides is 1. The molecule has 0 saturated heterocycles. The van der Waals surface area contributed by atoms with Gasteiger partial charge in [-0.1, -0.05) is 102 Å². The minimum absolute atomic E-state index is 0.0989. The van der Waals surface area contributed by atoms with Crippen LogP contribution in [0.4, 0.5) is 10.1 Å². The van der Waals surface area contributed by atoms with Crippen LogP contribution in [0.2, 0.25) is 5.02 Å². The van der Waals surface area contributed by atoms with Gasteiger partial charge in [-0.05, 0) is 42.3 Å². The minimum Gasteiger partial charge on any atom is -0.463 e. The lowest BCUT2D eigenvalue weighted by Crippen LogP contribution is -2.41. The molecule has 0 unspecified atom stereocenters. The first-order chi connectivity index (χ1) is 22.4. The molecule has 5 aromatic rings. The fourth-order valence-electron chi connectivity index (χ4n) is 5.90. The highest BCUT2D eigenvalue weighted by Gasteiger charge is 2.38. The van der Waals surface area contributed by atoms with Crippen molar-refractivity contribution in [3.05, 3.63) is 161 Å². The number of ether oxygens (including phenoxy) is 1. The summed E-state index contributed by atoms with van der Waals surface area (Å²) in [5.41, 5.74) is 3.38.